The van der Waals surface area contributed by atoms with Gasteiger partial charge in [0.15, 0.2) is 0 Å². The van der Waals surface area contributed by atoms with Crippen LogP contribution in [0, 0.1) is 0 Å². The van der Waals surface area contributed by atoms with E-state index in [-0.39, 0.29) is 5.91 Å². The molecule has 1 aliphatic carbocycles. The van der Waals surface area contributed by atoms with Gasteiger partial charge in [-0.2, -0.15) is 0 Å². The first kappa shape index (κ1) is 13.4. The largest absolute Gasteiger partial charge is 0.370 e. The van der Waals surface area contributed by atoms with Crippen molar-refractivity contribution >= 4 is 11.7 Å². The Kier molecular flexibility index (Phi) is 4.19. The molecule has 2 heterocycles. The first-order valence-electron chi connectivity index (χ1n) is 7.83. The SMILES string of the molecule is O=C(CCNc1ccc2c(n1)CCC2)N1CCCCC1. The van der Waals surface area contributed by atoms with Crippen LogP contribution in [0.1, 0.15) is 43.4 Å². The van der Waals surface area contributed by atoms with Crippen molar-refractivity contribution in [2.75, 3.05) is 25.0 Å². The summed E-state index contributed by atoms with van der Waals surface area (Å²) in [7, 11) is 0. The number of hydrogen-bond acceptors (Lipinski definition) is 3. The number of hydrogen-bond donors (Lipinski definition) is 1. The summed E-state index contributed by atoms with van der Waals surface area (Å²) in [6, 6.07) is 4.21. The summed E-state index contributed by atoms with van der Waals surface area (Å²) in [6.07, 6.45) is 7.63. The first-order valence-corrected chi connectivity index (χ1v) is 7.83. The van der Waals surface area contributed by atoms with E-state index in [1.54, 1.807) is 0 Å². The maximum atomic E-state index is 12.0. The zero-order valence-electron chi connectivity index (χ0n) is 12.0. The predicted octanol–water partition coefficient (Wildman–Crippen LogP) is 2.38. The van der Waals surface area contributed by atoms with Gasteiger partial charge in [-0.3, -0.25) is 4.79 Å². The number of carbonyl (C=O) groups is 1. The van der Waals surface area contributed by atoms with Crippen LogP contribution in [0.5, 0.6) is 0 Å². The number of likely N-dealkylation sites (tertiary alicyclic amines) is 1. The number of pyridine rings is 1. The summed E-state index contributed by atoms with van der Waals surface area (Å²) in [6.45, 7) is 2.56. The van der Waals surface area contributed by atoms with Crippen molar-refractivity contribution in [3.05, 3.63) is 23.4 Å². The van der Waals surface area contributed by atoms with Crippen LogP contribution in [0.4, 0.5) is 5.82 Å². The van der Waals surface area contributed by atoms with Gasteiger partial charge in [-0.1, -0.05) is 6.07 Å². The van der Waals surface area contributed by atoms with Crippen molar-refractivity contribution in [1.82, 2.24) is 9.88 Å². The van der Waals surface area contributed by atoms with Crippen molar-refractivity contribution in [3.8, 4) is 0 Å². The molecule has 0 unspecified atom stereocenters. The highest BCUT2D eigenvalue weighted by atomic mass is 16.2. The fourth-order valence-corrected chi connectivity index (χ4v) is 3.12. The second kappa shape index (κ2) is 6.25. The van der Waals surface area contributed by atoms with E-state index in [1.807, 2.05) is 11.0 Å². The molecule has 2 aliphatic rings. The topological polar surface area (TPSA) is 45.2 Å². The molecule has 0 atom stereocenters. The third kappa shape index (κ3) is 3.11. The highest BCUT2D eigenvalue weighted by molar-refractivity contribution is 5.76. The van der Waals surface area contributed by atoms with Crippen LogP contribution in [0.2, 0.25) is 0 Å². The van der Waals surface area contributed by atoms with Gasteiger partial charge in [0.05, 0.1) is 0 Å². The Labute approximate surface area is 120 Å². The van der Waals surface area contributed by atoms with Crippen molar-refractivity contribution in [2.24, 2.45) is 0 Å². The summed E-state index contributed by atoms with van der Waals surface area (Å²) >= 11 is 0. The van der Waals surface area contributed by atoms with Crippen LogP contribution in [0.25, 0.3) is 0 Å². The molecule has 20 heavy (non-hydrogen) atoms. The Morgan fingerprint density at radius 2 is 2.00 bits per heavy atom. The van der Waals surface area contributed by atoms with Crippen LogP contribution in [-0.4, -0.2) is 35.4 Å². The number of fused-ring (bicyclic) bond motifs is 1. The van der Waals surface area contributed by atoms with Gasteiger partial charge in [0, 0.05) is 31.7 Å². The lowest BCUT2D eigenvalue weighted by Gasteiger charge is -2.26. The Bertz CT molecular complexity index is 481. The van der Waals surface area contributed by atoms with Gasteiger partial charge in [-0.15, -0.1) is 0 Å². The summed E-state index contributed by atoms with van der Waals surface area (Å²) in [4.78, 5) is 18.7. The fourth-order valence-electron chi connectivity index (χ4n) is 3.12. The van der Waals surface area contributed by atoms with Gasteiger partial charge in [-0.25, -0.2) is 4.98 Å². The molecule has 108 valence electrons. The van der Waals surface area contributed by atoms with Crippen molar-refractivity contribution in [3.63, 3.8) is 0 Å². The Hall–Kier alpha value is -1.58. The number of piperidine rings is 1. The molecule has 3 rings (SSSR count). The van der Waals surface area contributed by atoms with Gasteiger partial charge in [0.2, 0.25) is 5.91 Å². The summed E-state index contributed by atoms with van der Waals surface area (Å²) < 4.78 is 0. The molecular weight excluding hydrogens is 250 g/mol. The summed E-state index contributed by atoms with van der Waals surface area (Å²) in [5.41, 5.74) is 2.62. The number of carbonyl (C=O) groups excluding carboxylic acids is 1. The minimum Gasteiger partial charge on any atom is -0.370 e. The highest BCUT2D eigenvalue weighted by Gasteiger charge is 2.16. The average Bonchev–Trinajstić information content (AvgIpc) is 2.95. The summed E-state index contributed by atoms with van der Waals surface area (Å²) in [5.74, 6) is 1.19. The molecule has 1 aromatic heterocycles. The first-order chi connectivity index (χ1) is 9.83. The minimum absolute atomic E-state index is 0.276. The lowest BCUT2D eigenvalue weighted by Crippen LogP contribution is -2.36. The van der Waals surface area contributed by atoms with E-state index < -0.39 is 0 Å². The summed E-state index contributed by atoms with van der Waals surface area (Å²) in [5, 5.41) is 3.29. The quantitative estimate of drug-likeness (QED) is 0.916. The number of amides is 1. The molecule has 1 aliphatic heterocycles. The third-order valence-electron chi connectivity index (χ3n) is 4.28. The smallest absolute Gasteiger partial charge is 0.224 e. The van der Waals surface area contributed by atoms with Crippen molar-refractivity contribution in [1.29, 1.82) is 0 Å². The molecule has 1 fully saturated rings. The molecule has 1 amide bonds. The van der Waals surface area contributed by atoms with E-state index in [0.29, 0.717) is 13.0 Å². The number of nitrogens with zero attached hydrogens (tertiary/aromatic N) is 2. The van der Waals surface area contributed by atoms with E-state index >= 15 is 0 Å². The van der Waals surface area contributed by atoms with Gasteiger partial charge in [-0.05, 0) is 50.2 Å². The molecule has 0 radical (unpaired) electrons. The van der Waals surface area contributed by atoms with Crippen LogP contribution in [0.15, 0.2) is 12.1 Å². The normalized spacial score (nSPS) is 17.9. The van der Waals surface area contributed by atoms with Gasteiger partial charge < -0.3 is 10.2 Å². The number of rotatable bonds is 4. The standard InChI is InChI=1S/C16H23N3O/c20-16(19-11-2-1-3-12-19)9-10-17-15-8-7-13-5-4-6-14(13)18-15/h7-8H,1-6,9-12H2,(H,17,18). The molecule has 0 saturated carbocycles. The lowest BCUT2D eigenvalue weighted by molar-refractivity contribution is -0.131. The molecule has 0 aromatic carbocycles. The molecule has 0 bridgehead atoms. The van der Waals surface area contributed by atoms with E-state index in [2.05, 4.69) is 16.4 Å². The molecule has 1 saturated heterocycles. The van der Waals surface area contributed by atoms with Crippen LogP contribution < -0.4 is 5.32 Å². The van der Waals surface area contributed by atoms with E-state index in [9.17, 15) is 4.79 Å². The van der Waals surface area contributed by atoms with Gasteiger partial charge >= 0.3 is 0 Å². The van der Waals surface area contributed by atoms with E-state index in [0.717, 1.165) is 44.6 Å². The maximum Gasteiger partial charge on any atom is 0.224 e. The Balaban J connectivity index is 1.46. The molecule has 1 N–H and O–H groups in total. The predicted molar refractivity (Wildman–Crippen MR) is 79.8 cm³/mol. The monoisotopic (exact) mass is 273 g/mol. The van der Waals surface area contributed by atoms with Crippen LogP contribution in [-0.2, 0) is 17.6 Å². The number of nitrogens with one attached hydrogen (secondary N) is 1. The van der Waals surface area contributed by atoms with Crippen LogP contribution in [0.3, 0.4) is 0 Å². The molecule has 4 heteroatoms. The number of aryl methyl sites for hydroxylation is 2. The van der Waals surface area contributed by atoms with Crippen LogP contribution >= 0.6 is 0 Å². The highest BCUT2D eigenvalue weighted by Crippen LogP contribution is 2.21. The molecular formula is C16H23N3O. The maximum absolute atomic E-state index is 12.0. The lowest BCUT2D eigenvalue weighted by atomic mass is 10.1. The second-order valence-electron chi connectivity index (χ2n) is 5.77. The van der Waals surface area contributed by atoms with E-state index in [1.165, 1.54) is 24.1 Å². The molecule has 1 aromatic rings. The number of anilines is 1. The fraction of sp³-hybridized carbons (Fsp3) is 0.625. The number of aromatic nitrogens is 1. The molecule has 4 nitrogen and oxygen atoms in total. The van der Waals surface area contributed by atoms with Gasteiger partial charge in [0.1, 0.15) is 5.82 Å². The second-order valence-corrected chi connectivity index (χ2v) is 5.77. The molecule has 0 spiro atoms. The Morgan fingerprint density at radius 1 is 1.15 bits per heavy atom. The average molecular weight is 273 g/mol. The van der Waals surface area contributed by atoms with E-state index in [4.69, 9.17) is 0 Å². The third-order valence-corrected chi connectivity index (χ3v) is 4.28. The van der Waals surface area contributed by atoms with Gasteiger partial charge in [0.25, 0.3) is 0 Å². The zero-order valence-corrected chi connectivity index (χ0v) is 12.0. The van der Waals surface area contributed by atoms with Crippen molar-refractivity contribution < 1.29 is 4.79 Å². The Morgan fingerprint density at radius 3 is 2.85 bits per heavy atom. The zero-order chi connectivity index (χ0) is 13.8. The minimum atomic E-state index is 0.276. The van der Waals surface area contributed by atoms with Crippen molar-refractivity contribution in [2.45, 2.75) is 44.9 Å².